The van der Waals surface area contributed by atoms with Crippen molar-refractivity contribution in [2.75, 3.05) is 12.0 Å². The number of aliphatic hydroxyl groups excluding tert-OH is 1. The summed E-state index contributed by atoms with van der Waals surface area (Å²) in [4.78, 5) is 28.6. The number of para-hydroxylation sites is 1. The highest BCUT2D eigenvalue weighted by atomic mass is 16.5. The van der Waals surface area contributed by atoms with Gasteiger partial charge in [0.15, 0.2) is 0 Å². The molecule has 1 unspecified atom stereocenters. The molecule has 0 aliphatic carbocycles. The molecule has 1 aliphatic heterocycles. The van der Waals surface area contributed by atoms with Gasteiger partial charge in [0.25, 0.3) is 11.7 Å². The van der Waals surface area contributed by atoms with E-state index in [1.165, 1.54) is 4.90 Å². The lowest BCUT2D eigenvalue weighted by atomic mass is 9.94. The van der Waals surface area contributed by atoms with E-state index in [0.29, 0.717) is 22.7 Å². The Morgan fingerprint density at radius 1 is 1.00 bits per heavy atom. The van der Waals surface area contributed by atoms with E-state index in [-0.39, 0.29) is 17.4 Å². The summed E-state index contributed by atoms with van der Waals surface area (Å²) in [6.45, 7) is 5.76. The molecule has 0 saturated carbocycles. The maximum atomic E-state index is 13.6. The van der Waals surface area contributed by atoms with Gasteiger partial charge < -0.3 is 19.1 Å². The fourth-order valence-electron chi connectivity index (χ4n) is 5.08. The van der Waals surface area contributed by atoms with Gasteiger partial charge >= 0.3 is 0 Å². The Kier molecular flexibility index (Phi) is 6.45. The molecule has 3 aromatic carbocycles. The van der Waals surface area contributed by atoms with Crippen LogP contribution in [0.5, 0.6) is 11.5 Å². The summed E-state index contributed by atoms with van der Waals surface area (Å²) in [5.41, 5.74) is 3.47. The van der Waals surface area contributed by atoms with Crippen molar-refractivity contribution in [2.24, 2.45) is 7.05 Å². The Labute approximate surface area is 221 Å². The average molecular weight is 511 g/mol. The first-order chi connectivity index (χ1) is 18.2. The van der Waals surface area contributed by atoms with Crippen LogP contribution in [0.25, 0.3) is 16.7 Å². The van der Waals surface area contributed by atoms with Crippen molar-refractivity contribution in [1.29, 1.82) is 0 Å². The number of hydrogen-bond acceptors (Lipinski definition) is 5. The number of amides is 1. The van der Waals surface area contributed by atoms with E-state index in [1.807, 2.05) is 62.8 Å². The largest absolute Gasteiger partial charge is 0.507 e. The summed E-state index contributed by atoms with van der Waals surface area (Å²) in [6.07, 6.45) is 1.90. The lowest BCUT2D eigenvalue weighted by Gasteiger charge is -2.25. The number of methoxy groups -OCH3 is 1. The Hall–Kier alpha value is -4.52. The van der Waals surface area contributed by atoms with Crippen molar-refractivity contribution >= 4 is 34.0 Å². The number of anilines is 1. The van der Waals surface area contributed by atoms with Crippen molar-refractivity contribution < 1.29 is 24.2 Å². The lowest BCUT2D eigenvalue weighted by molar-refractivity contribution is -0.132. The van der Waals surface area contributed by atoms with Gasteiger partial charge in [0.2, 0.25) is 0 Å². The van der Waals surface area contributed by atoms with Gasteiger partial charge in [0, 0.05) is 47.0 Å². The first-order valence-electron chi connectivity index (χ1n) is 12.5. The number of ether oxygens (including phenoxy) is 2. The van der Waals surface area contributed by atoms with E-state index in [4.69, 9.17) is 9.47 Å². The minimum absolute atomic E-state index is 0.00676. The van der Waals surface area contributed by atoms with Gasteiger partial charge in [-0.25, -0.2) is 0 Å². The molecule has 1 aliphatic rings. The van der Waals surface area contributed by atoms with Gasteiger partial charge in [0.05, 0.1) is 24.8 Å². The number of fused-ring (bicyclic) bond motifs is 1. The normalized spacial score (nSPS) is 17.0. The highest BCUT2D eigenvalue weighted by Crippen LogP contribution is 2.45. The van der Waals surface area contributed by atoms with Crippen LogP contribution < -0.4 is 14.4 Å². The monoisotopic (exact) mass is 510 g/mol. The number of aryl methyl sites for hydroxylation is 2. The van der Waals surface area contributed by atoms with E-state index >= 15 is 0 Å². The zero-order chi connectivity index (χ0) is 27.1. The van der Waals surface area contributed by atoms with Crippen molar-refractivity contribution in [1.82, 2.24) is 4.57 Å². The zero-order valence-electron chi connectivity index (χ0n) is 22.1. The zero-order valence-corrected chi connectivity index (χ0v) is 22.1. The Balaban J connectivity index is 1.75. The molecule has 1 aromatic heterocycles. The molecule has 1 atom stereocenters. The Bertz CT molecular complexity index is 1600. The average Bonchev–Trinajstić information content (AvgIpc) is 3.37. The maximum Gasteiger partial charge on any atom is 0.300 e. The first kappa shape index (κ1) is 25.1. The molecular weight excluding hydrogens is 480 g/mol. The fourth-order valence-corrected chi connectivity index (χ4v) is 5.08. The predicted molar refractivity (Wildman–Crippen MR) is 148 cm³/mol. The number of carbonyl (C=O) groups is 2. The molecule has 0 bridgehead atoms. The van der Waals surface area contributed by atoms with Crippen LogP contribution in [-0.2, 0) is 16.6 Å². The molecule has 1 amide bonds. The molecule has 5 rings (SSSR count). The molecule has 7 nitrogen and oxygen atoms in total. The SMILES string of the molecule is COc1cccc(N2C(=O)C(=O)/C(=C(/O)c3ccc(OC(C)C)c(C)c3)C2c2cn(C)c3ccccc23)c1. The van der Waals surface area contributed by atoms with Gasteiger partial charge in [-0.05, 0) is 62.7 Å². The molecule has 0 spiro atoms. The Morgan fingerprint density at radius 2 is 1.76 bits per heavy atom. The predicted octanol–water partition coefficient (Wildman–Crippen LogP) is 5.91. The van der Waals surface area contributed by atoms with Gasteiger partial charge in [-0.15, -0.1) is 0 Å². The molecule has 194 valence electrons. The van der Waals surface area contributed by atoms with Crippen LogP contribution in [0.1, 0.15) is 36.6 Å². The molecule has 4 aromatic rings. The molecule has 0 radical (unpaired) electrons. The van der Waals surface area contributed by atoms with Crippen LogP contribution in [-0.4, -0.2) is 34.6 Å². The summed E-state index contributed by atoms with van der Waals surface area (Å²) in [6, 6.07) is 19.2. The van der Waals surface area contributed by atoms with Crippen LogP contribution in [0.3, 0.4) is 0 Å². The number of nitrogens with zero attached hydrogens (tertiary/aromatic N) is 2. The minimum Gasteiger partial charge on any atom is -0.507 e. The summed E-state index contributed by atoms with van der Waals surface area (Å²) >= 11 is 0. The summed E-state index contributed by atoms with van der Waals surface area (Å²) in [5, 5.41) is 12.5. The standard InChI is InChI=1S/C31H30N2O5/c1-18(2)38-26-14-13-20(15-19(26)3)29(34)27-28(24-17-32(4)25-12-7-6-11-23(24)25)33(31(36)30(27)35)21-9-8-10-22(16-21)37-5/h6-18,28,34H,1-5H3/b29-27+. The first-order valence-corrected chi connectivity index (χ1v) is 12.5. The van der Waals surface area contributed by atoms with Crippen molar-refractivity contribution in [3.8, 4) is 11.5 Å². The third-order valence-electron chi connectivity index (χ3n) is 6.81. The van der Waals surface area contributed by atoms with Gasteiger partial charge in [-0.3, -0.25) is 14.5 Å². The second-order valence-electron chi connectivity index (χ2n) is 9.73. The Morgan fingerprint density at radius 3 is 2.47 bits per heavy atom. The highest BCUT2D eigenvalue weighted by Gasteiger charge is 2.48. The minimum atomic E-state index is -0.847. The summed E-state index contributed by atoms with van der Waals surface area (Å²) < 4.78 is 13.2. The molecule has 1 fully saturated rings. The van der Waals surface area contributed by atoms with Crippen LogP contribution in [0.2, 0.25) is 0 Å². The van der Waals surface area contributed by atoms with Crippen LogP contribution in [0.15, 0.2) is 78.5 Å². The fraction of sp³-hybridized carbons (Fsp3) is 0.226. The number of benzene rings is 3. The van der Waals surface area contributed by atoms with E-state index in [2.05, 4.69) is 0 Å². The quantitative estimate of drug-likeness (QED) is 0.198. The van der Waals surface area contributed by atoms with Crippen molar-refractivity contribution in [3.63, 3.8) is 0 Å². The van der Waals surface area contributed by atoms with Crippen LogP contribution >= 0.6 is 0 Å². The number of aromatic nitrogens is 1. The number of Topliss-reactive ketones (excluding diaryl/α,β-unsaturated/α-hetero) is 1. The van der Waals surface area contributed by atoms with E-state index in [1.54, 1.807) is 49.6 Å². The molecule has 38 heavy (non-hydrogen) atoms. The number of ketones is 1. The molecule has 1 N–H and O–H groups in total. The second-order valence-corrected chi connectivity index (χ2v) is 9.73. The number of aliphatic hydroxyl groups is 1. The van der Waals surface area contributed by atoms with Crippen molar-refractivity contribution in [3.05, 3.63) is 95.2 Å². The molecule has 1 saturated heterocycles. The lowest BCUT2D eigenvalue weighted by Crippen LogP contribution is -2.29. The molecule has 2 heterocycles. The third-order valence-corrected chi connectivity index (χ3v) is 6.81. The van der Waals surface area contributed by atoms with Crippen LogP contribution in [0.4, 0.5) is 5.69 Å². The van der Waals surface area contributed by atoms with Crippen LogP contribution in [0, 0.1) is 6.92 Å². The number of carbonyl (C=O) groups excluding carboxylic acids is 2. The number of rotatable bonds is 6. The van der Waals surface area contributed by atoms with Gasteiger partial charge in [0.1, 0.15) is 17.3 Å². The second kappa shape index (κ2) is 9.74. The van der Waals surface area contributed by atoms with Gasteiger partial charge in [-0.2, -0.15) is 0 Å². The van der Waals surface area contributed by atoms with E-state index in [0.717, 1.165) is 22.0 Å². The van der Waals surface area contributed by atoms with Crippen molar-refractivity contribution in [2.45, 2.75) is 32.9 Å². The highest BCUT2D eigenvalue weighted by molar-refractivity contribution is 6.52. The summed E-state index contributed by atoms with van der Waals surface area (Å²) in [5.74, 6) is -0.445. The van der Waals surface area contributed by atoms with E-state index < -0.39 is 17.7 Å². The van der Waals surface area contributed by atoms with Gasteiger partial charge in [-0.1, -0.05) is 24.3 Å². The van der Waals surface area contributed by atoms with E-state index in [9.17, 15) is 14.7 Å². The smallest absolute Gasteiger partial charge is 0.300 e. The topological polar surface area (TPSA) is 81.0 Å². The maximum absolute atomic E-state index is 13.6. The number of hydrogen-bond donors (Lipinski definition) is 1. The molecular formula is C31H30N2O5. The molecule has 7 heteroatoms. The summed E-state index contributed by atoms with van der Waals surface area (Å²) in [7, 11) is 3.46. The third kappa shape index (κ3) is 4.20.